The zero-order valence-electron chi connectivity index (χ0n) is 11.6. The molecule has 2 aromatic heterocycles. The fourth-order valence-electron chi connectivity index (χ4n) is 2.28. The molecule has 104 valence electrons. The quantitative estimate of drug-likeness (QED) is 0.914. The molecule has 0 aliphatic heterocycles. The molecular weight excluding hydrogens is 278 g/mol. The van der Waals surface area contributed by atoms with Crippen LogP contribution < -0.4 is 5.73 Å². The predicted octanol–water partition coefficient (Wildman–Crippen LogP) is 3.73. The van der Waals surface area contributed by atoms with Crippen molar-refractivity contribution in [2.45, 2.75) is 46.2 Å². The molecule has 2 rings (SSSR count). The van der Waals surface area contributed by atoms with E-state index in [0.29, 0.717) is 0 Å². The van der Waals surface area contributed by atoms with Crippen molar-refractivity contribution in [2.24, 2.45) is 5.73 Å². The van der Waals surface area contributed by atoms with Gasteiger partial charge in [-0.05, 0) is 37.3 Å². The van der Waals surface area contributed by atoms with E-state index >= 15 is 0 Å². The minimum atomic E-state index is -0.00999. The van der Waals surface area contributed by atoms with E-state index in [9.17, 15) is 0 Å². The van der Waals surface area contributed by atoms with Gasteiger partial charge in [-0.25, -0.2) is 0 Å². The molecule has 19 heavy (non-hydrogen) atoms. The molecule has 1 unspecified atom stereocenters. The monoisotopic (exact) mass is 297 g/mol. The van der Waals surface area contributed by atoms with Crippen molar-refractivity contribution >= 4 is 22.9 Å². The first kappa shape index (κ1) is 14.6. The summed E-state index contributed by atoms with van der Waals surface area (Å²) in [5, 5.41) is 7.41. The lowest BCUT2D eigenvalue weighted by Crippen LogP contribution is -2.16. The summed E-state index contributed by atoms with van der Waals surface area (Å²) < 4.78 is 1.98. The van der Waals surface area contributed by atoms with Crippen molar-refractivity contribution in [3.8, 4) is 0 Å². The maximum atomic E-state index is 6.42. The lowest BCUT2D eigenvalue weighted by Gasteiger charge is -2.12. The fourth-order valence-corrected chi connectivity index (χ4v) is 3.55. The maximum absolute atomic E-state index is 6.42. The molecule has 0 saturated heterocycles. The third kappa shape index (κ3) is 2.86. The number of hydrogen-bond acceptors (Lipinski definition) is 3. The van der Waals surface area contributed by atoms with Crippen molar-refractivity contribution in [3.05, 3.63) is 38.3 Å². The van der Waals surface area contributed by atoms with E-state index in [-0.39, 0.29) is 6.04 Å². The first-order valence-electron chi connectivity index (χ1n) is 6.62. The predicted molar refractivity (Wildman–Crippen MR) is 82.0 cm³/mol. The Bertz CT molecular complexity index is 559. The van der Waals surface area contributed by atoms with Crippen LogP contribution in [0, 0.1) is 6.92 Å². The number of hydrogen-bond donors (Lipinski definition) is 1. The van der Waals surface area contributed by atoms with Gasteiger partial charge in [0.2, 0.25) is 0 Å². The van der Waals surface area contributed by atoms with Crippen LogP contribution in [0.2, 0.25) is 5.02 Å². The molecule has 1 atom stereocenters. The number of aromatic nitrogens is 2. The summed E-state index contributed by atoms with van der Waals surface area (Å²) in [6.07, 6.45) is 1.59. The van der Waals surface area contributed by atoms with Crippen LogP contribution >= 0.6 is 22.9 Å². The number of halogens is 1. The maximum Gasteiger partial charge on any atom is 0.0850 e. The van der Waals surface area contributed by atoms with Crippen LogP contribution in [0.3, 0.4) is 0 Å². The highest BCUT2D eigenvalue weighted by molar-refractivity contribution is 7.10. The van der Waals surface area contributed by atoms with Gasteiger partial charge in [0.25, 0.3) is 0 Å². The zero-order chi connectivity index (χ0) is 14.0. The summed E-state index contributed by atoms with van der Waals surface area (Å²) in [5.41, 5.74) is 9.61. The van der Waals surface area contributed by atoms with E-state index in [1.807, 2.05) is 4.68 Å². The SMILES string of the molecule is CCc1nn(CC)c(CC(N)c2sccc2C)c1Cl. The van der Waals surface area contributed by atoms with Gasteiger partial charge in [-0.15, -0.1) is 11.3 Å². The van der Waals surface area contributed by atoms with Crippen LogP contribution in [-0.4, -0.2) is 9.78 Å². The van der Waals surface area contributed by atoms with E-state index in [1.54, 1.807) is 11.3 Å². The van der Waals surface area contributed by atoms with Gasteiger partial charge in [-0.2, -0.15) is 5.10 Å². The van der Waals surface area contributed by atoms with E-state index < -0.39 is 0 Å². The van der Waals surface area contributed by atoms with E-state index in [4.69, 9.17) is 17.3 Å². The van der Waals surface area contributed by atoms with Gasteiger partial charge in [0.15, 0.2) is 0 Å². The molecule has 0 bridgehead atoms. The second-order valence-corrected chi connectivity index (χ2v) is 5.98. The number of nitrogens with two attached hydrogens (primary N) is 1. The molecule has 3 nitrogen and oxygen atoms in total. The van der Waals surface area contributed by atoms with E-state index in [1.165, 1.54) is 10.4 Å². The third-order valence-electron chi connectivity index (χ3n) is 3.35. The Morgan fingerprint density at radius 2 is 2.21 bits per heavy atom. The summed E-state index contributed by atoms with van der Waals surface area (Å²) in [6.45, 7) is 7.07. The van der Waals surface area contributed by atoms with Crippen LogP contribution in [0.1, 0.15) is 41.7 Å². The van der Waals surface area contributed by atoms with Gasteiger partial charge in [-0.3, -0.25) is 4.68 Å². The zero-order valence-corrected chi connectivity index (χ0v) is 13.2. The molecule has 0 saturated carbocycles. The largest absolute Gasteiger partial charge is 0.323 e. The molecule has 5 heteroatoms. The Morgan fingerprint density at radius 1 is 1.47 bits per heavy atom. The Morgan fingerprint density at radius 3 is 2.74 bits per heavy atom. The first-order chi connectivity index (χ1) is 9.08. The highest BCUT2D eigenvalue weighted by Crippen LogP contribution is 2.29. The van der Waals surface area contributed by atoms with Crippen molar-refractivity contribution in [2.75, 3.05) is 0 Å². The van der Waals surface area contributed by atoms with Gasteiger partial charge in [0.05, 0.1) is 16.4 Å². The Kier molecular flexibility index (Phi) is 4.66. The number of thiophene rings is 1. The topological polar surface area (TPSA) is 43.8 Å². The summed E-state index contributed by atoms with van der Waals surface area (Å²) in [6, 6.07) is 2.10. The third-order valence-corrected chi connectivity index (χ3v) is 4.93. The molecule has 0 aliphatic carbocycles. The summed E-state index contributed by atoms with van der Waals surface area (Å²) in [5.74, 6) is 0. The highest BCUT2D eigenvalue weighted by Gasteiger charge is 2.19. The molecule has 0 aromatic carbocycles. The Balaban J connectivity index is 2.28. The van der Waals surface area contributed by atoms with E-state index in [0.717, 1.165) is 35.8 Å². The van der Waals surface area contributed by atoms with Crippen LogP contribution in [0.5, 0.6) is 0 Å². The lowest BCUT2D eigenvalue weighted by atomic mass is 10.1. The van der Waals surface area contributed by atoms with Crippen molar-refractivity contribution < 1.29 is 0 Å². The van der Waals surface area contributed by atoms with Gasteiger partial charge in [0.1, 0.15) is 0 Å². The Hall–Kier alpha value is -0.840. The van der Waals surface area contributed by atoms with Gasteiger partial charge < -0.3 is 5.73 Å². The number of nitrogens with zero attached hydrogens (tertiary/aromatic N) is 2. The molecule has 2 heterocycles. The molecule has 2 aromatic rings. The summed E-state index contributed by atoms with van der Waals surface area (Å²) >= 11 is 8.13. The number of rotatable bonds is 5. The minimum Gasteiger partial charge on any atom is -0.323 e. The van der Waals surface area contributed by atoms with E-state index in [2.05, 4.69) is 37.3 Å². The fraction of sp³-hybridized carbons (Fsp3) is 0.500. The molecule has 0 amide bonds. The van der Waals surface area contributed by atoms with Crippen LogP contribution in [0.4, 0.5) is 0 Å². The highest BCUT2D eigenvalue weighted by atomic mass is 35.5. The first-order valence-corrected chi connectivity index (χ1v) is 7.87. The summed E-state index contributed by atoms with van der Waals surface area (Å²) in [4.78, 5) is 1.23. The second-order valence-electron chi connectivity index (χ2n) is 4.66. The number of aryl methyl sites for hydroxylation is 3. The van der Waals surface area contributed by atoms with Crippen LogP contribution in [0.25, 0.3) is 0 Å². The second kappa shape index (κ2) is 6.07. The molecule has 0 spiro atoms. The van der Waals surface area contributed by atoms with Crippen LogP contribution in [-0.2, 0) is 19.4 Å². The van der Waals surface area contributed by atoms with Crippen molar-refractivity contribution in [3.63, 3.8) is 0 Å². The average molecular weight is 298 g/mol. The van der Waals surface area contributed by atoms with Gasteiger partial charge in [0, 0.05) is 23.9 Å². The van der Waals surface area contributed by atoms with Crippen molar-refractivity contribution in [1.29, 1.82) is 0 Å². The normalized spacial score (nSPS) is 12.9. The molecule has 0 radical (unpaired) electrons. The van der Waals surface area contributed by atoms with Gasteiger partial charge >= 0.3 is 0 Å². The van der Waals surface area contributed by atoms with Gasteiger partial charge in [-0.1, -0.05) is 18.5 Å². The van der Waals surface area contributed by atoms with Crippen LogP contribution in [0.15, 0.2) is 11.4 Å². The summed E-state index contributed by atoms with van der Waals surface area (Å²) in [7, 11) is 0. The standard InChI is InChI=1S/C14H20ClN3S/c1-4-11-13(15)12(18(5-2)17-11)8-10(16)14-9(3)6-7-19-14/h6-7,10H,4-5,8,16H2,1-3H3. The van der Waals surface area contributed by atoms with Crippen molar-refractivity contribution in [1.82, 2.24) is 9.78 Å². The smallest absolute Gasteiger partial charge is 0.0850 e. The molecule has 0 aliphatic rings. The average Bonchev–Trinajstić information content (AvgIpc) is 2.95. The molecule has 0 fully saturated rings. The Labute approximate surface area is 123 Å². The lowest BCUT2D eigenvalue weighted by molar-refractivity contribution is 0.587. The minimum absolute atomic E-state index is 0.00999. The molecule has 2 N–H and O–H groups in total. The molecular formula is C14H20ClN3S.